The molecule has 0 saturated carbocycles. The van der Waals surface area contributed by atoms with Gasteiger partial charge in [0, 0.05) is 18.6 Å². The Morgan fingerprint density at radius 2 is 1.62 bits per heavy atom. The highest BCUT2D eigenvalue weighted by Crippen LogP contribution is 2.27. The monoisotopic (exact) mass is 381 g/mol. The highest BCUT2D eigenvalue weighted by molar-refractivity contribution is 5.82. The molecule has 3 aromatic carbocycles. The van der Waals surface area contributed by atoms with Crippen LogP contribution in [-0.4, -0.2) is 24.9 Å². The molecule has 0 aliphatic carbocycles. The third-order valence-corrected chi connectivity index (χ3v) is 4.76. The Labute approximate surface area is 165 Å². The maximum atomic E-state index is 11.2. The third kappa shape index (κ3) is 3.19. The summed E-state index contributed by atoms with van der Waals surface area (Å²) in [6, 6.07) is 22.2. The number of rotatable bonds is 4. The number of non-ortho nitro benzene ring substituents is 1. The van der Waals surface area contributed by atoms with Crippen molar-refractivity contribution in [3.63, 3.8) is 0 Å². The molecule has 0 amide bonds. The Morgan fingerprint density at radius 3 is 2.41 bits per heavy atom. The van der Waals surface area contributed by atoms with Gasteiger partial charge in [-0.3, -0.25) is 10.1 Å². The topological polar surface area (TPSA) is 97.6 Å². The van der Waals surface area contributed by atoms with Crippen LogP contribution in [-0.2, 0) is 6.42 Å². The second-order valence-electron chi connectivity index (χ2n) is 6.71. The van der Waals surface area contributed by atoms with E-state index >= 15 is 0 Å². The fraction of sp³-hybridized carbons (Fsp3) is 0.0455. The van der Waals surface area contributed by atoms with Gasteiger partial charge in [-0.1, -0.05) is 42.5 Å². The van der Waals surface area contributed by atoms with E-state index in [2.05, 4.69) is 9.97 Å². The molecule has 0 radical (unpaired) electrons. The van der Waals surface area contributed by atoms with Gasteiger partial charge in [0.2, 0.25) is 0 Å². The number of nitro groups is 1. The van der Waals surface area contributed by atoms with Crippen LogP contribution in [0.5, 0.6) is 0 Å². The molecule has 2 heterocycles. The van der Waals surface area contributed by atoms with Gasteiger partial charge in [0.1, 0.15) is 5.69 Å². The number of para-hydroxylation sites is 2. The first-order chi connectivity index (χ1) is 14.2. The summed E-state index contributed by atoms with van der Waals surface area (Å²) < 4.78 is 0. The van der Waals surface area contributed by atoms with Crippen LogP contribution in [0.4, 0.5) is 5.69 Å². The van der Waals surface area contributed by atoms with Crippen LogP contribution < -0.4 is 0 Å². The lowest BCUT2D eigenvalue weighted by atomic mass is 10.1. The highest BCUT2D eigenvalue weighted by atomic mass is 16.6. The number of nitrogens with zero attached hydrogens (tertiary/aromatic N) is 4. The van der Waals surface area contributed by atoms with Gasteiger partial charge >= 0.3 is 0 Å². The number of aromatic amines is 1. The van der Waals surface area contributed by atoms with Crippen molar-refractivity contribution in [1.82, 2.24) is 19.9 Å². The SMILES string of the molecule is O=[N+]([O-])c1ccc2nc(Cc3ccccc3)c(-c3nc4ccccc4[nH]3)nc2c1. The van der Waals surface area contributed by atoms with Gasteiger partial charge < -0.3 is 4.98 Å². The second kappa shape index (κ2) is 6.79. The smallest absolute Gasteiger partial charge is 0.271 e. The van der Waals surface area contributed by atoms with Gasteiger partial charge in [0.15, 0.2) is 5.82 Å². The molecule has 0 bridgehead atoms. The van der Waals surface area contributed by atoms with Crippen molar-refractivity contribution in [3.8, 4) is 11.5 Å². The zero-order chi connectivity index (χ0) is 19.8. The maximum absolute atomic E-state index is 11.2. The molecule has 2 aromatic heterocycles. The van der Waals surface area contributed by atoms with E-state index in [-0.39, 0.29) is 5.69 Å². The lowest BCUT2D eigenvalue weighted by Gasteiger charge is -2.08. The minimum absolute atomic E-state index is 0.0156. The standard InChI is InChI=1S/C22H15N5O2/c28-27(29)15-10-11-18-19(13-15)24-21(20(23-18)12-14-6-2-1-3-7-14)22-25-16-8-4-5-9-17(16)26-22/h1-11,13H,12H2,(H,25,26). The van der Waals surface area contributed by atoms with Crippen LogP contribution in [0.1, 0.15) is 11.3 Å². The summed E-state index contributed by atoms with van der Waals surface area (Å²) in [5.41, 5.74) is 5.24. The summed E-state index contributed by atoms with van der Waals surface area (Å²) in [7, 11) is 0. The van der Waals surface area contributed by atoms with Crippen molar-refractivity contribution in [3.05, 3.63) is 94.2 Å². The average molecular weight is 381 g/mol. The van der Waals surface area contributed by atoms with Crippen LogP contribution in [0.15, 0.2) is 72.8 Å². The molecule has 0 aliphatic rings. The second-order valence-corrected chi connectivity index (χ2v) is 6.71. The number of hydrogen-bond donors (Lipinski definition) is 1. The molecule has 7 heteroatoms. The predicted molar refractivity (Wildman–Crippen MR) is 111 cm³/mol. The number of hydrogen-bond acceptors (Lipinski definition) is 5. The third-order valence-electron chi connectivity index (χ3n) is 4.76. The first-order valence-corrected chi connectivity index (χ1v) is 9.11. The Hall–Kier alpha value is -4.13. The predicted octanol–water partition coefficient (Wildman–Crippen LogP) is 4.67. The number of nitrogens with one attached hydrogen (secondary N) is 1. The zero-order valence-corrected chi connectivity index (χ0v) is 15.2. The van der Waals surface area contributed by atoms with E-state index in [4.69, 9.17) is 9.97 Å². The number of benzene rings is 3. The Morgan fingerprint density at radius 1 is 0.828 bits per heavy atom. The van der Waals surface area contributed by atoms with Crippen LogP contribution in [0.25, 0.3) is 33.6 Å². The minimum atomic E-state index is -0.431. The van der Waals surface area contributed by atoms with Gasteiger partial charge in [0.25, 0.3) is 5.69 Å². The van der Waals surface area contributed by atoms with Crippen molar-refractivity contribution in [1.29, 1.82) is 0 Å². The van der Waals surface area contributed by atoms with E-state index in [1.807, 2.05) is 54.6 Å². The first-order valence-electron chi connectivity index (χ1n) is 9.11. The molecule has 0 fully saturated rings. The first kappa shape index (κ1) is 17.0. The van der Waals surface area contributed by atoms with Crippen molar-refractivity contribution >= 4 is 27.8 Å². The molecule has 7 nitrogen and oxygen atoms in total. The highest BCUT2D eigenvalue weighted by Gasteiger charge is 2.17. The molecule has 140 valence electrons. The van der Waals surface area contributed by atoms with Gasteiger partial charge in [-0.2, -0.15) is 0 Å². The summed E-state index contributed by atoms with van der Waals surface area (Å²) in [6.45, 7) is 0. The number of imidazole rings is 1. The number of aromatic nitrogens is 4. The van der Waals surface area contributed by atoms with Crippen LogP contribution in [0.2, 0.25) is 0 Å². The lowest BCUT2D eigenvalue weighted by Crippen LogP contribution is -2.02. The summed E-state index contributed by atoms with van der Waals surface area (Å²) >= 11 is 0. The number of fused-ring (bicyclic) bond motifs is 2. The molecule has 0 atom stereocenters. The normalized spacial score (nSPS) is 11.2. The lowest BCUT2D eigenvalue weighted by molar-refractivity contribution is -0.384. The van der Waals surface area contributed by atoms with Gasteiger partial charge in [0.05, 0.1) is 32.7 Å². The van der Waals surface area contributed by atoms with E-state index < -0.39 is 4.92 Å². The summed E-state index contributed by atoms with van der Waals surface area (Å²) in [5.74, 6) is 0.595. The number of H-pyrrole nitrogens is 1. The fourth-order valence-electron chi connectivity index (χ4n) is 3.36. The fourth-order valence-corrected chi connectivity index (χ4v) is 3.36. The Balaban J connectivity index is 1.72. The molecule has 0 unspecified atom stereocenters. The summed E-state index contributed by atoms with van der Waals surface area (Å²) in [4.78, 5) is 28.2. The molecule has 5 aromatic rings. The average Bonchev–Trinajstić information content (AvgIpc) is 3.17. The van der Waals surface area contributed by atoms with Crippen molar-refractivity contribution < 1.29 is 4.92 Å². The van der Waals surface area contributed by atoms with E-state index in [9.17, 15) is 10.1 Å². The number of nitro benzene ring substituents is 1. The van der Waals surface area contributed by atoms with E-state index in [1.54, 1.807) is 6.07 Å². The van der Waals surface area contributed by atoms with Crippen molar-refractivity contribution in [2.24, 2.45) is 0 Å². The van der Waals surface area contributed by atoms with Gasteiger partial charge in [-0.05, 0) is 23.8 Å². The molecule has 0 aliphatic heterocycles. The molecular formula is C22H15N5O2. The Bertz CT molecular complexity index is 1330. The largest absolute Gasteiger partial charge is 0.337 e. The molecule has 29 heavy (non-hydrogen) atoms. The van der Waals surface area contributed by atoms with Crippen LogP contribution >= 0.6 is 0 Å². The van der Waals surface area contributed by atoms with Crippen LogP contribution in [0, 0.1) is 10.1 Å². The minimum Gasteiger partial charge on any atom is -0.337 e. The van der Waals surface area contributed by atoms with Gasteiger partial charge in [-0.15, -0.1) is 0 Å². The maximum Gasteiger partial charge on any atom is 0.271 e. The van der Waals surface area contributed by atoms with E-state index in [0.29, 0.717) is 29.0 Å². The summed E-state index contributed by atoms with van der Waals surface area (Å²) in [5, 5.41) is 11.2. The molecule has 0 saturated heterocycles. The van der Waals surface area contributed by atoms with E-state index in [1.165, 1.54) is 12.1 Å². The van der Waals surface area contributed by atoms with Crippen molar-refractivity contribution in [2.45, 2.75) is 6.42 Å². The molecule has 5 rings (SSSR count). The molecule has 1 N–H and O–H groups in total. The van der Waals surface area contributed by atoms with E-state index in [0.717, 1.165) is 22.3 Å². The molecular weight excluding hydrogens is 366 g/mol. The van der Waals surface area contributed by atoms with Gasteiger partial charge in [-0.25, -0.2) is 15.0 Å². The summed E-state index contributed by atoms with van der Waals surface area (Å²) in [6.07, 6.45) is 0.577. The Kier molecular flexibility index (Phi) is 3.98. The van der Waals surface area contributed by atoms with Crippen LogP contribution in [0.3, 0.4) is 0 Å². The quantitative estimate of drug-likeness (QED) is 0.360. The molecule has 0 spiro atoms. The van der Waals surface area contributed by atoms with Crippen molar-refractivity contribution in [2.75, 3.05) is 0 Å². The zero-order valence-electron chi connectivity index (χ0n) is 15.2.